The van der Waals surface area contributed by atoms with Gasteiger partial charge in [-0.3, -0.25) is 0 Å². The molecule has 0 amide bonds. The molecule has 9 heavy (non-hydrogen) atoms. The van der Waals surface area contributed by atoms with E-state index in [0.717, 1.165) is 0 Å². The van der Waals surface area contributed by atoms with Gasteiger partial charge >= 0.3 is 5.97 Å². The first-order valence-corrected chi connectivity index (χ1v) is 2.86. The van der Waals surface area contributed by atoms with E-state index in [2.05, 4.69) is 4.74 Å². The van der Waals surface area contributed by atoms with Crippen molar-refractivity contribution >= 4 is 17.6 Å². The Kier molecular flexibility index (Phi) is 3.81. The van der Waals surface area contributed by atoms with Gasteiger partial charge in [0, 0.05) is 0 Å². The Labute approximate surface area is 58.2 Å². The number of hydrogen-bond acceptors (Lipinski definition) is 3. The number of rotatable bonds is 2. The molecule has 0 saturated heterocycles. The van der Waals surface area contributed by atoms with Gasteiger partial charge in [0.2, 0.25) is 5.38 Å². The first kappa shape index (κ1) is 8.25. The molecule has 0 aromatic heterocycles. The van der Waals surface area contributed by atoms with Gasteiger partial charge in [-0.05, 0) is 6.92 Å². The van der Waals surface area contributed by atoms with Gasteiger partial charge in [-0.15, -0.1) is 0 Å². The lowest BCUT2D eigenvalue weighted by molar-refractivity contribution is -0.141. The summed E-state index contributed by atoms with van der Waals surface area (Å²) in [6.07, 6.45) is 0. The monoisotopic (exact) mass is 147 g/mol. The number of carbonyl (C=O) groups excluding carboxylic acids is 1. The van der Waals surface area contributed by atoms with E-state index in [0.29, 0.717) is 0 Å². The molecule has 0 saturated carbocycles. The molecular formula is C5H6ClNO2. The largest absolute Gasteiger partial charge is 0.464 e. The molecular weight excluding hydrogens is 142 g/mol. The zero-order chi connectivity index (χ0) is 7.28. The summed E-state index contributed by atoms with van der Waals surface area (Å²) < 4.78 is 4.40. The molecule has 0 aliphatic carbocycles. The topological polar surface area (TPSA) is 50.1 Å². The summed E-state index contributed by atoms with van der Waals surface area (Å²) in [6.45, 7) is 1.91. The van der Waals surface area contributed by atoms with Crippen LogP contribution in [0.1, 0.15) is 6.92 Å². The van der Waals surface area contributed by atoms with Crippen LogP contribution in [0.15, 0.2) is 0 Å². The SMILES string of the molecule is CCOC(=O)C(Cl)C#N. The van der Waals surface area contributed by atoms with Crippen LogP contribution in [0.5, 0.6) is 0 Å². The number of esters is 1. The van der Waals surface area contributed by atoms with Crippen LogP contribution in [0, 0.1) is 11.3 Å². The Morgan fingerprint density at radius 1 is 2.00 bits per heavy atom. The van der Waals surface area contributed by atoms with Crippen molar-refractivity contribution in [2.24, 2.45) is 0 Å². The van der Waals surface area contributed by atoms with Crippen LogP contribution in [0.3, 0.4) is 0 Å². The Bertz CT molecular complexity index is 140. The van der Waals surface area contributed by atoms with E-state index in [9.17, 15) is 4.79 Å². The maximum atomic E-state index is 10.4. The van der Waals surface area contributed by atoms with E-state index < -0.39 is 11.3 Å². The smallest absolute Gasteiger partial charge is 0.338 e. The maximum absolute atomic E-state index is 10.4. The molecule has 0 aliphatic heterocycles. The molecule has 0 heterocycles. The summed E-state index contributed by atoms with van der Waals surface area (Å²) in [5.41, 5.74) is 0. The van der Waals surface area contributed by atoms with E-state index >= 15 is 0 Å². The highest BCUT2D eigenvalue weighted by Crippen LogP contribution is 1.95. The standard InChI is InChI=1S/C5H6ClNO2/c1-2-9-5(8)4(6)3-7/h4H,2H2,1H3. The van der Waals surface area contributed by atoms with Gasteiger partial charge in [0.1, 0.15) is 0 Å². The van der Waals surface area contributed by atoms with Crippen LogP contribution in [-0.2, 0) is 9.53 Å². The summed E-state index contributed by atoms with van der Waals surface area (Å²) in [6, 6.07) is 1.54. The number of carbonyl (C=O) groups is 1. The molecule has 1 unspecified atom stereocenters. The molecule has 1 atom stereocenters. The number of ether oxygens (including phenoxy) is 1. The Morgan fingerprint density at radius 2 is 2.56 bits per heavy atom. The van der Waals surface area contributed by atoms with Gasteiger partial charge in [-0.2, -0.15) is 5.26 Å². The summed E-state index contributed by atoms with van der Waals surface area (Å²) in [5.74, 6) is -0.679. The second-order valence-corrected chi connectivity index (χ2v) is 1.68. The van der Waals surface area contributed by atoms with Gasteiger partial charge in [0.05, 0.1) is 12.7 Å². The van der Waals surface area contributed by atoms with Crippen molar-refractivity contribution in [2.45, 2.75) is 12.3 Å². The highest BCUT2D eigenvalue weighted by atomic mass is 35.5. The molecule has 3 nitrogen and oxygen atoms in total. The Balaban J connectivity index is 3.63. The van der Waals surface area contributed by atoms with Crippen molar-refractivity contribution in [1.29, 1.82) is 5.26 Å². The van der Waals surface area contributed by atoms with E-state index in [1.807, 2.05) is 0 Å². The summed E-state index contributed by atoms with van der Waals surface area (Å²) in [4.78, 5) is 10.4. The maximum Gasteiger partial charge on any atom is 0.338 e. The van der Waals surface area contributed by atoms with Crippen LogP contribution in [0.25, 0.3) is 0 Å². The van der Waals surface area contributed by atoms with Crippen LogP contribution < -0.4 is 0 Å². The quantitative estimate of drug-likeness (QED) is 0.426. The molecule has 0 aromatic rings. The van der Waals surface area contributed by atoms with Crippen LogP contribution in [0.2, 0.25) is 0 Å². The van der Waals surface area contributed by atoms with Crippen molar-refractivity contribution in [3.8, 4) is 6.07 Å². The van der Waals surface area contributed by atoms with E-state index in [-0.39, 0.29) is 6.61 Å². The van der Waals surface area contributed by atoms with Crippen molar-refractivity contribution in [1.82, 2.24) is 0 Å². The minimum absolute atomic E-state index is 0.254. The third kappa shape index (κ3) is 2.94. The predicted molar refractivity (Wildman–Crippen MR) is 31.9 cm³/mol. The minimum Gasteiger partial charge on any atom is -0.464 e. The van der Waals surface area contributed by atoms with Crippen LogP contribution in [-0.4, -0.2) is 18.0 Å². The van der Waals surface area contributed by atoms with Gasteiger partial charge in [-0.1, -0.05) is 11.6 Å². The summed E-state index contributed by atoms with van der Waals surface area (Å²) >= 11 is 5.16. The van der Waals surface area contributed by atoms with Crippen LogP contribution in [0.4, 0.5) is 0 Å². The zero-order valence-electron chi connectivity index (χ0n) is 4.93. The first-order valence-electron chi connectivity index (χ1n) is 2.42. The van der Waals surface area contributed by atoms with Crippen LogP contribution >= 0.6 is 11.6 Å². The molecule has 0 aromatic carbocycles. The number of halogens is 1. The van der Waals surface area contributed by atoms with Gasteiger partial charge in [-0.25, -0.2) is 4.79 Å². The average molecular weight is 148 g/mol. The predicted octanol–water partition coefficient (Wildman–Crippen LogP) is 0.680. The molecule has 0 rings (SSSR count). The van der Waals surface area contributed by atoms with E-state index in [4.69, 9.17) is 16.9 Å². The number of alkyl halides is 1. The highest BCUT2D eigenvalue weighted by Gasteiger charge is 2.13. The van der Waals surface area contributed by atoms with Crippen molar-refractivity contribution in [3.63, 3.8) is 0 Å². The molecule has 0 aliphatic rings. The average Bonchev–Trinajstić information content (AvgIpc) is 1.87. The lowest BCUT2D eigenvalue weighted by Gasteiger charge is -1.98. The Morgan fingerprint density at radius 3 is 2.89 bits per heavy atom. The summed E-state index contributed by atoms with van der Waals surface area (Å²) in [7, 11) is 0. The molecule has 0 bridgehead atoms. The molecule has 50 valence electrons. The zero-order valence-corrected chi connectivity index (χ0v) is 5.68. The number of nitrogens with zero attached hydrogens (tertiary/aromatic N) is 1. The van der Waals surface area contributed by atoms with Crippen molar-refractivity contribution < 1.29 is 9.53 Å². The molecule has 0 spiro atoms. The second-order valence-electron chi connectivity index (χ2n) is 1.24. The lowest BCUT2D eigenvalue weighted by Crippen LogP contribution is -2.15. The van der Waals surface area contributed by atoms with E-state index in [1.165, 1.54) is 0 Å². The van der Waals surface area contributed by atoms with E-state index in [1.54, 1.807) is 13.0 Å². The molecule has 0 radical (unpaired) electrons. The highest BCUT2D eigenvalue weighted by molar-refractivity contribution is 6.31. The summed E-state index contributed by atoms with van der Waals surface area (Å²) in [5, 5.41) is 6.89. The van der Waals surface area contributed by atoms with Crippen molar-refractivity contribution in [3.05, 3.63) is 0 Å². The van der Waals surface area contributed by atoms with Crippen molar-refractivity contribution in [2.75, 3.05) is 6.61 Å². The van der Waals surface area contributed by atoms with Gasteiger partial charge in [0.15, 0.2) is 0 Å². The Hall–Kier alpha value is -0.750. The molecule has 0 N–H and O–H groups in total. The third-order valence-corrected chi connectivity index (χ3v) is 0.883. The second kappa shape index (κ2) is 4.16. The van der Waals surface area contributed by atoms with Gasteiger partial charge in [0.25, 0.3) is 0 Å². The normalized spacial score (nSPS) is 11.7. The fraction of sp³-hybridized carbons (Fsp3) is 0.600. The number of hydrogen-bond donors (Lipinski definition) is 0. The molecule has 4 heteroatoms. The minimum atomic E-state index is -1.16. The third-order valence-electron chi connectivity index (χ3n) is 0.607. The lowest BCUT2D eigenvalue weighted by atomic mass is 10.5. The fourth-order valence-corrected chi connectivity index (χ4v) is 0.331. The van der Waals surface area contributed by atoms with Gasteiger partial charge < -0.3 is 4.74 Å². The molecule has 0 fully saturated rings. The number of nitriles is 1. The first-order chi connectivity index (χ1) is 4.22. The fourth-order valence-electron chi connectivity index (χ4n) is 0.268.